The molecule has 0 amide bonds. The van der Waals surface area contributed by atoms with Gasteiger partial charge in [-0.2, -0.15) is 0 Å². The zero-order valence-corrected chi connectivity index (χ0v) is 14.1. The zero-order chi connectivity index (χ0) is 16.2. The van der Waals surface area contributed by atoms with Gasteiger partial charge in [0.05, 0.1) is 17.7 Å². The van der Waals surface area contributed by atoms with Crippen LogP contribution >= 0.6 is 22.9 Å². The van der Waals surface area contributed by atoms with E-state index in [-0.39, 0.29) is 22.0 Å². The van der Waals surface area contributed by atoms with Crippen molar-refractivity contribution in [1.29, 1.82) is 0 Å². The highest BCUT2D eigenvalue weighted by Crippen LogP contribution is 2.23. The van der Waals surface area contributed by atoms with Crippen LogP contribution in [0.3, 0.4) is 0 Å². The first-order valence-corrected chi connectivity index (χ1v) is 9.08. The topological polar surface area (TPSA) is 72.5 Å². The van der Waals surface area contributed by atoms with Gasteiger partial charge in [-0.15, -0.1) is 11.3 Å². The maximum Gasteiger partial charge on any atom is 0.337 e. The van der Waals surface area contributed by atoms with Gasteiger partial charge in [-0.1, -0.05) is 17.7 Å². The predicted octanol–water partition coefficient (Wildman–Crippen LogP) is 2.71. The molecule has 0 saturated heterocycles. The van der Waals surface area contributed by atoms with Gasteiger partial charge in [0.25, 0.3) is 0 Å². The van der Waals surface area contributed by atoms with Crippen molar-refractivity contribution in [2.24, 2.45) is 0 Å². The molecule has 8 heteroatoms. The van der Waals surface area contributed by atoms with Gasteiger partial charge in [0, 0.05) is 11.4 Å². The van der Waals surface area contributed by atoms with Crippen LogP contribution in [0.4, 0.5) is 0 Å². The molecule has 0 aliphatic heterocycles. The van der Waals surface area contributed by atoms with E-state index in [0.717, 1.165) is 4.88 Å². The first-order chi connectivity index (χ1) is 10.4. The fourth-order valence-electron chi connectivity index (χ4n) is 1.80. The number of carbonyl (C=O) groups is 1. The average molecular weight is 360 g/mol. The van der Waals surface area contributed by atoms with Crippen molar-refractivity contribution in [3.63, 3.8) is 0 Å². The number of hydrogen-bond donors (Lipinski definition) is 1. The molecule has 1 N–H and O–H groups in total. The molecular weight excluding hydrogens is 346 g/mol. The van der Waals surface area contributed by atoms with Crippen molar-refractivity contribution >= 4 is 38.9 Å². The smallest absolute Gasteiger partial charge is 0.337 e. The summed E-state index contributed by atoms with van der Waals surface area (Å²) in [5.41, 5.74) is 0.199. The zero-order valence-electron chi connectivity index (χ0n) is 11.7. The molecule has 1 aromatic carbocycles. The maximum atomic E-state index is 12.2. The first kappa shape index (κ1) is 17.0. The van der Waals surface area contributed by atoms with E-state index >= 15 is 0 Å². The Hall–Kier alpha value is -1.41. The van der Waals surface area contributed by atoms with Crippen molar-refractivity contribution in [2.75, 3.05) is 13.7 Å². The summed E-state index contributed by atoms with van der Waals surface area (Å²) in [5, 5.41) is 1.92. The Balaban J connectivity index is 2.10. The Morgan fingerprint density at radius 1 is 1.36 bits per heavy atom. The first-order valence-electron chi connectivity index (χ1n) is 6.34. The van der Waals surface area contributed by atoms with Crippen molar-refractivity contribution in [1.82, 2.24) is 4.72 Å². The van der Waals surface area contributed by atoms with Crippen LogP contribution in [0, 0.1) is 0 Å². The minimum Gasteiger partial charge on any atom is -0.465 e. The van der Waals surface area contributed by atoms with E-state index in [4.69, 9.17) is 11.6 Å². The van der Waals surface area contributed by atoms with Crippen LogP contribution in [-0.2, 0) is 21.2 Å². The molecule has 0 saturated carbocycles. The van der Waals surface area contributed by atoms with Crippen LogP contribution in [0.25, 0.3) is 0 Å². The monoisotopic (exact) mass is 359 g/mol. The number of benzene rings is 1. The van der Waals surface area contributed by atoms with Crippen LogP contribution in [0.2, 0.25) is 5.02 Å². The molecule has 1 aromatic heterocycles. The largest absolute Gasteiger partial charge is 0.465 e. The number of esters is 1. The summed E-state index contributed by atoms with van der Waals surface area (Å²) in [4.78, 5) is 12.4. The van der Waals surface area contributed by atoms with Crippen LogP contribution in [0.15, 0.2) is 40.6 Å². The lowest BCUT2D eigenvalue weighted by Crippen LogP contribution is -2.26. The van der Waals surface area contributed by atoms with E-state index in [0.29, 0.717) is 6.42 Å². The summed E-state index contributed by atoms with van der Waals surface area (Å²) < 4.78 is 31.5. The lowest BCUT2D eigenvalue weighted by molar-refractivity contribution is 0.0600. The minimum absolute atomic E-state index is 0.0217. The highest BCUT2D eigenvalue weighted by Gasteiger charge is 2.19. The Labute approximate surface area is 137 Å². The molecule has 0 radical (unpaired) electrons. The fourth-order valence-corrected chi connectivity index (χ4v) is 4.09. The van der Waals surface area contributed by atoms with Gasteiger partial charge in [-0.05, 0) is 36.1 Å². The SMILES string of the molecule is COC(=O)c1ccc(S(=O)(=O)NCCc2cccs2)c(Cl)c1. The fraction of sp³-hybridized carbons (Fsp3) is 0.214. The van der Waals surface area contributed by atoms with E-state index in [2.05, 4.69) is 9.46 Å². The Bertz CT molecular complexity index is 757. The number of hydrogen-bond acceptors (Lipinski definition) is 5. The van der Waals surface area contributed by atoms with Crippen LogP contribution < -0.4 is 4.72 Å². The second kappa shape index (κ2) is 7.23. The predicted molar refractivity (Wildman–Crippen MR) is 86.0 cm³/mol. The van der Waals surface area contributed by atoms with Gasteiger partial charge in [0.15, 0.2) is 0 Å². The van der Waals surface area contributed by atoms with E-state index in [1.54, 1.807) is 11.3 Å². The summed E-state index contributed by atoms with van der Waals surface area (Å²) in [7, 11) is -2.48. The Morgan fingerprint density at radius 2 is 2.14 bits per heavy atom. The summed E-state index contributed by atoms with van der Waals surface area (Å²) in [6.07, 6.45) is 0.606. The molecule has 2 rings (SSSR count). The summed E-state index contributed by atoms with van der Waals surface area (Å²) >= 11 is 7.54. The van der Waals surface area contributed by atoms with E-state index < -0.39 is 16.0 Å². The van der Waals surface area contributed by atoms with Crippen LogP contribution in [0.1, 0.15) is 15.2 Å². The van der Waals surface area contributed by atoms with Gasteiger partial charge in [-0.25, -0.2) is 17.9 Å². The molecule has 0 bridgehead atoms. The molecule has 1 heterocycles. The lowest BCUT2D eigenvalue weighted by atomic mass is 10.2. The van der Waals surface area contributed by atoms with Crippen LogP contribution in [0.5, 0.6) is 0 Å². The Morgan fingerprint density at radius 3 is 2.73 bits per heavy atom. The van der Waals surface area contributed by atoms with Gasteiger partial charge in [0.2, 0.25) is 10.0 Å². The van der Waals surface area contributed by atoms with Crippen LogP contribution in [-0.4, -0.2) is 28.0 Å². The van der Waals surface area contributed by atoms with E-state index in [9.17, 15) is 13.2 Å². The normalized spacial score (nSPS) is 11.4. The molecule has 0 aliphatic carbocycles. The van der Waals surface area contributed by atoms with Gasteiger partial charge >= 0.3 is 5.97 Å². The second-order valence-electron chi connectivity index (χ2n) is 4.36. The van der Waals surface area contributed by atoms with Crippen molar-refractivity contribution in [3.05, 3.63) is 51.2 Å². The second-order valence-corrected chi connectivity index (χ2v) is 7.54. The third kappa shape index (κ3) is 4.07. The van der Waals surface area contributed by atoms with Gasteiger partial charge in [-0.3, -0.25) is 0 Å². The molecule has 2 aromatic rings. The number of rotatable bonds is 6. The van der Waals surface area contributed by atoms with Gasteiger partial charge < -0.3 is 4.74 Å². The third-order valence-corrected chi connectivity index (χ3v) is 5.77. The average Bonchev–Trinajstić information content (AvgIpc) is 2.99. The third-order valence-electron chi connectivity index (χ3n) is 2.89. The number of nitrogens with one attached hydrogen (secondary N) is 1. The van der Waals surface area contributed by atoms with Crippen molar-refractivity contribution in [2.45, 2.75) is 11.3 Å². The highest BCUT2D eigenvalue weighted by atomic mass is 35.5. The molecule has 118 valence electrons. The quantitative estimate of drug-likeness (QED) is 0.805. The number of halogens is 1. The number of ether oxygens (including phenoxy) is 1. The number of carbonyl (C=O) groups excluding carboxylic acids is 1. The lowest BCUT2D eigenvalue weighted by Gasteiger charge is -2.09. The molecule has 0 unspecified atom stereocenters. The Kier molecular flexibility index (Phi) is 5.57. The molecule has 0 spiro atoms. The van der Waals surface area contributed by atoms with E-state index in [1.165, 1.54) is 25.3 Å². The molecule has 5 nitrogen and oxygen atoms in total. The molecule has 0 fully saturated rings. The van der Waals surface area contributed by atoms with Crippen molar-refractivity contribution in [3.8, 4) is 0 Å². The van der Waals surface area contributed by atoms with Crippen molar-refractivity contribution < 1.29 is 17.9 Å². The molecule has 22 heavy (non-hydrogen) atoms. The molecule has 0 atom stereocenters. The highest BCUT2D eigenvalue weighted by molar-refractivity contribution is 7.89. The molecule has 0 aliphatic rings. The van der Waals surface area contributed by atoms with E-state index in [1.807, 2.05) is 17.5 Å². The number of thiophene rings is 1. The summed E-state index contributed by atoms with van der Waals surface area (Å²) in [5.74, 6) is -0.573. The number of sulfonamides is 1. The minimum atomic E-state index is -3.72. The number of methoxy groups -OCH3 is 1. The summed E-state index contributed by atoms with van der Waals surface area (Å²) in [6, 6.07) is 7.79. The maximum absolute atomic E-state index is 12.2. The molecular formula is C14H14ClNO4S2. The summed E-state index contributed by atoms with van der Waals surface area (Å²) in [6.45, 7) is 0.276. The van der Waals surface area contributed by atoms with Gasteiger partial charge in [0.1, 0.15) is 4.90 Å². The standard InChI is InChI=1S/C14H14ClNO4S2/c1-20-14(17)10-4-5-13(12(15)9-10)22(18,19)16-7-6-11-3-2-8-21-11/h2-5,8-9,16H,6-7H2,1H3.